The molecule has 1 nitrogen and oxygen atoms in total. The van der Waals surface area contributed by atoms with E-state index in [2.05, 4.69) is 6.92 Å². The van der Waals surface area contributed by atoms with Crippen LogP contribution in [-0.4, -0.2) is 12.7 Å². The van der Waals surface area contributed by atoms with Crippen LogP contribution in [0.5, 0.6) is 0 Å². The Morgan fingerprint density at radius 3 is 1.71 bits per heavy atom. The molecule has 0 aromatic rings. The molecule has 80 valence electrons. The summed E-state index contributed by atoms with van der Waals surface area (Å²) >= 11 is 0. The Kier molecular flexibility index (Phi) is 1.96. The van der Waals surface area contributed by atoms with E-state index >= 15 is 0 Å². The number of ether oxygens (including phenoxy) is 1. The van der Waals surface area contributed by atoms with Crippen molar-refractivity contribution in [3.63, 3.8) is 0 Å². The third-order valence-corrected chi connectivity index (χ3v) is 5.27. The van der Waals surface area contributed by atoms with E-state index in [1.54, 1.807) is 0 Å². The Balaban J connectivity index is 1.82. The van der Waals surface area contributed by atoms with Gasteiger partial charge in [0.15, 0.2) is 0 Å². The van der Waals surface area contributed by atoms with Gasteiger partial charge < -0.3 is 4.74 Å². The molecule has 0 saturated heterocycles. The first kappa shape index (κ1) is 9.21. The van der Waals surface area contributed by atoms with Crippen LogP contribution in [0.3, 0.4) is 0 Å². The van der Waals surface area contributed by atoms with E-state index in [-0.39, 0.29) is 0 Å². The van der Waals surface area contributed by atoms with Crippen LogP contribution in [0.15, 0.2) is 0 Å². The van der Waals surface area contributed by atoms with Crippen LogP contribution in [0.2, 0.25) is 0 Å². The van der Waals surface area contributed by atoms with Crippen molar-refractivity contribution in [2.75, 3.05) is 6.61 Å². The molecular weight excluding hydrogens is 172 g/mol. The average Bonchev–Trinajstić information content (AvgIpc) is 2.39. The standard InChI is InChI=1S/C13H22O/c1-2-14-11-12(5-3-6-12)9-10-13(11)7-4-8-13/h11H,2-10H2,1H3. The first-order valence-electron chi connectivity index (χ1n) is 6.43. The molecule has 0 bridgehead atoms. The Bertz CT molecular complexity index is 203. The second-order valence-electron chi connectivity index (χ2n) is 5.77. The summed E-state index contributed by atoms with van der Waals surface area (Å²) in [5.41, 5.74) is 1.30. The van der Waals surface area contributed by atoms with E-state index in [0.717, 1.165) is 6.61 Å². The summed E-state index contributed by atoms with van der Waals surface area (Å²) in [6, 6.07) is 0. The predicted molar refractivity (Wildman–Crippen MR) is 57.2 cm³/mol. The third kappa shape index (κ3) is 0.997. The molecule has 2 spiro atoms. The van der Waals surface area contributed by atoms with Crippen molar-refractivity contribution in [2.45, 2.75) is 64.4 Å². The lowest BCUT2D eigenvalue weighted by Crippen LogP contribution is -2.48. The van der Waals surface area contributed by atoms with Crippen LogP contribution in [-0.2, 0) is 4.74 Å². The average molecular weight is 194 g/mol. The molecule has 0 atom stereocenters. The highest BCUT2D eigenvalue weighted by Crippen LogP contribution is 2.66. The first-order valence-corrected chi connectivity index (χ1v) is 6.43. The van der Waals surface area contributed by atoms with Gasteiger partial charge in [-0.15, -0.1) is 0 Å². The van der Waals surface area contributed by atoms with Crippen molar-refractivity contribution < 1.29 is 4.74 Å². The van der Waals surface area contributed by atoms with Crippen molar-refractivity contribution in [3.05, 3.63) is 0 Å². The van der Waals surface area contributed by atoms with E-state index in [9.17, 15) is 0 Å². The van der Waals surface area contributed by atoms with Crippen molar-refractivity contribution in [2.24, 2.45) is 10.8 Å². The summed E-state index contributed by atoms with van der Waals surface area (Å²) in [7, 11) is 0. The number of rotatable bonds is 2. The Morgan fingerprint density at radius 2 is 1.43 bits per heavy atom. The van der Waals surface area contributed by atoms with E-state index in [1.165, 1.54) is 51.4 Å². The summed E-state index contributed by atoms with van der Waals surface area (Å²) < 4.78 is 6.12. The lowest BCUT2D eigenvalue weighted by Gasteiger charge is -2.51. The second kappa shape index (κ2) is 2.98. The maximum atomic E-state index is 6.12. The van der Waals surface area contributed by atoms with Crippen LogP contribution in [0.4, 0.5) is 0 Å². The van der Waals surface area contributed by atoms with Crippen LogP contribution >= 0.6 is 0 Å². The second-order valence-corrected chi connectivity index (χ2v) is 5.77. The van der Waals surface area contributed by atoms with E-state index in [1.807, 2.05) is 0 Å². The maximum absolute atomic E-state index is 6.12. The summed E-state index contributed by atoms with van der Waals surface area (Å²) in [6.45, 7) is 3.09. The summed E-state index contributed by atoms with van der Waals surface area (Å²) in [6.07, 6.45) is 12.3. The van der Waals surface area contributed by atoms with Gasteiger partial charge in [0.2, 0.25) is 0 Å². The molecule has 0 unspecified atom stereocenters. The molecule has 0 heterocycles. The van der Waals surface area contributed by atoms with Crippen molar-refractivity contribution in [3.8, 4) is 0 Å². The fourth-order valence-electron chi connectivity index (χ4n) is 4.22. The van der Waals surface area contributed by atoms with Gasteiger partial charge in [0.1, 0.15) is 0 Å². The fourth-order valence-corrected chi connectivity index (χ4v) is 4.22. The zero-order chi connectivity index (χ0) is 9.65. The minimum Gasteiger partial charge on any atom is -0.377 e. The molecule has 0 aromatic carbocycles. The minimum absolute atomic E-state index is 0.641. The quantitative estimate of drug-likeness (QED) is 0.653. The molecule has 3 aliphatic rings. The minimum atomic E-state index is 0.641. The van der Waals surface area contributed by atoms with E-state index < -0.39 is 0 Å². The van der Waals surface area contributed by atoms with E-state index in [4.69, 9.17) is 4.74 Å². The maximum Gasteiger partial charge on any atom is 0.0687 e. The molecule has 0 aromatic heterocycles. The van der Waals surface area contributed by atoms with Crippen molar-refractivity contribution in [1.29, 1.82) is 0 Å². The van der Waals surface area contributed by atoms with Crippen LogP contribution in [0.1, 0.15) is 58.3 Å². The normalized spacial score (nSPS) is 33.2. The highest BCUT2D eigenvalue weighted by molar-refractivity contribution is 5.11. The molecule has 14 heavy (non-hydrogen) atoms. The van der Waals surface area contributed by atoms with Gasteiger partial charge in [-0.3, -0.25) is 0 Å². The SMILES string of the molecule is CCOC1C2(CCC2)CCC12CCC2. The Labute approximate surface area is 87.2 Å². The molecule has 3 aliphatic carbocycles. The van der Waals surface area contributed by atoms with Crippen molar-refractivity contribution in [1.82, 2.24) is 0 Å². The highest BCUT2D eigenvalue weighted by Gasteiger charge is 2.61. The van der Waals surface area contributed by atoms with E-state index in [0.29, 0.717) is 16.9 Å². The van der Waals surface area contributed by atoms with Gasteiger partial charge in [-0.1, -0.05) is 12.8 Å². The number of hydrogen-bond acceptors (Lipinski definition) is 1. The highest BCUT2D eigenvalue weighted by atomic mass is 16.5. The van der Waals surface area contributed by atoms with Gasteiger partial charge >= 0.3 is 0 Å². The van der Waals surface area contributed by atoms with Gasteiger partial charge in [-0.25, -0.2) is 0 Å². The number of hydrogen-bond donors (Lipinski definition) is 0. The predicted octanol–water partition coefficient (Wildman–Crippen LogP) is 3.53. The summed E-state index contributed by atoms with van der Waals surface area (Å²) in [4.78, 5) is 0. The Morgan fingerprint density at radius 1 is 0.929 bits per heavy atom. The molecule has 0 aliphatic heterocycles. The lowest BCUT2D eigenvalue weighted by molar-refractivity contribution is -0.130. The topological polar surface area (TPSA) is 9.23 Å². The van der Waals surface area contributed by atoms with Gasteiger partial charge in [-0.05, 0) is 56.3 Å². The van der Waals surface area contributed by atoms with Gasteiger partial charge in [0, 0.05) is 6.61 Å². The smallest absolute Gasteiger partial charge is 0.0687 e. The van der Waals surface area contributed by atoms with Crippen LogP contribution in [0, 0.1) is 10.8 Å². The molecular formula is C13H22O. The van der Waals surface area contributed by atoms with Crippen LogP contribution < -0.4 is 0 Å². The zero-order valence-electron chi connectivity index (χ0n) is 9.35. The molecule has 1 heteroatoms. The zero-order valence-corrected chi connectivity index (χ0v) is 9.35. The molecule has 0 radical (unpaired) electrons. The Hall–Kier alpha value is -0.0400. The fraction of sp³-hybridized carbons (Fsp3) is 1.00. The van der Waals surface area contributed by atoms with Crippen LogP contribution in [0.25, 0.3) is 0 Å². The monoisotopic (exact) mass is 194 g/mol. The lowest BCUT2D eigenvalue weighted by atomic mass is 9.59. The summed E-state index contributed by atoms with van der Waals surface area (Å²) in [5.74, 6) is 0. The molecule has 3 saturated carbocycles. The third-order valence-electron chi connectivity index (χ3n) is 5.27. The van der Waals surface area contributed by atoms with Crippen molar-refractivity contribution >= 4 is 0 Å². The molecule has 0 N–H and O–H groups in total. The molecule has 3 rings (SSSR count). The summed E-state index contributed by atoms with van der Waals surface area (Å²) in [5, 5.41) is 0. The molecule has 0 amide bonds. The largest absolute Gasteiger partial charge is 0.377 e. The molecule has 3 fully saturated rings. The van der Waals surface area contributed by atoms with Gasteiger partial charge in [0.25, 0.3) is 0 Å². The van der Waals surface area contributed by atoms with Gasteiger partial charge in [-0.2, -0.15) is 0 Å². The first-order chi connectivity index (χ1) is 6.81. The van der Waals surface area contributed by atoms with Gasteiger partial charge in [0.05, 0.1) is 6.10 Å².